The molecule has 0 bridgehead atoms. The van der Waals surface area contributed by atoms with Gasteiger partial charge in [-0.15, -0.1) is 0 Å². The van der Waals surface area contributed by atoms with Gasteiger partial charge >= 0.3 is 0 Å². The van der Waals surface area contributed by atoms with Gasteiger partial charge in [0.1, 0.15) is 5.82 Å². The van der Waals surface area contributed by atoms with Crippen LogP contribution in [0.3, 0.4) is 0 Å². The zero-order chi connectivity index (χ0) is 13.2. The van der Waals surface area contributed by atoms with Gasteiger partial charge in [0.25, 0.3) is 0 Å². The minimum Gasteiger partial charge on any atom is -0.369 e. The second-order valence-corrected chi connectivity index (χ2v) is 5.65. The Kier molecular flexibility index (Phi) is 3.84. The molecule has 0 saturated heterocycles. The van der Waals surface area contributed by atoms with E-state index in [0.29, 0.717) is 0 Å². The number of nitrogens with two attached hydrogens (primary N) is 1. The van der Waals surface area contributed by atoms with Crippen molar-refractivity contribution in [1.29, 1.82) is 0 Å². The van der Waals surface area contributed by atoms with Crippen molar-refractivity contribution in [3.8, 4) is 0 Å². The van der Waals surface area contributed by atoms with Gasteiger partial charge in [0.2, 0.25) is 15.9 Å². The Morgan fingerprint density at radius 2 is 2.06 bits per heavy atom. The summed E-state index contributed by atoms with van der Waals surface area (Å²) in [5.74, 6) is -1.27. The Morgan fingerprint density at radius 3 is 2.53 bits per heavy atom. The predicted molar refractivity (Wildman–Crippen MR) is 60.1 cm³/mol. The van der Waals surface area contributed by atoms with Crippen LogP contribution in [0.25, 0.3) is 0 Å². The Labute approximate surface area is 99.1 Å². The van der Waals surface area contributed by atoms with E-state index in [9.17, 15) is 17.6 Å². The van der Waals surface area contributed by atoms with E-state index in [0.717, 1.165) is 22.5 Å². The molecular formula is C10H13FN2O3S. The molecule has 0 heterocycles. The largest absolute Gasteiger partial charge is 0.369 e. The molecule has 0 radical (unpaired) electrons. The lowest BCUT2D eigenvalue weighted by atomic mass is 10.2. The summed E-state index contributed by atoms with van der Waals surface area (Å²) in [6, 6.07) is 3.33. The lowest BCUT2D eigenvalue weighted by Crippen LogP contribution is -2.35. The smallest absolute Gasteiger partial charge is 0.243 e. The van der Waals surface area contributed by atoms with Crippen molar-refractivity contribution in [3.63, 3.8) is 0 Å². The fourth-order valence-corrected chi connectivity index (χ4v) is 2.71. The quantitative estimate of drug-likeness (QED) is 0.842. The Bertz CT molecular complexity index is 542. The van der Waals surface area contributed by atoms with Gasteiger partial charge in [-0.25, -0.2) is 12.8 Å². The zero-order valence-electron chi connectivity index (χ0n) is 9.47. The number of hydrogen-bond donors (Lipinski definition) is 1. The highest BCUT2D eigenvalue weighted by Gasteiger charge is 2.23. The molecule has 0 aliphatic carbocycles. The monoisotopic (exact) mass is 260 g/mol. The van der Waals surface area contributed by atoms with Gasteiger partial charge in [-0.2, -0.15) is 4.31 Å². The number of benzene rings is 1. The topological polar surface area (TPSA) is 80.5 Å². The normalized spacial score (nSPS) is 11.8. The second kappa shape index (κ2) is 4.80. The van der Waals surface area contributed by atoms with Gasteiger partial charge in [-0.1, -0.05) is 0 Å². The minimum atomic E-state index is -3.82. The summed E-state index contributed by atoms with van der Waals surface area (Å²) in [5, 5.41) is 0. The minimum absolute atomic E-state index is 0.0392. The molecule has 7 heteroatoms. The van der Waals surface area contributed by atoms with Crippen LogP contribution in [0.4, 0.5) is 4.39 Å². The molecule has 0 fully saturated rings. The SMILES string of the molecule is Cc1cc(F)ccc1S(=O)(=O)N(C)CC(N)=O. The van der Waals surface area contributed by atoms with Gasteiger partial charge in [-0.05, 0) is 30.7 Å². The van der Waals surface area contributed by atoms with Crippen molar-refractivity contribution in [2.45, 2.75) is 11.8 Å². The molecule has 17 heavy (non-hydrogen) atoms. The number of primary amides is 1. The van der Waals surface area contributed by atoms with Crippen LogP contribution >= 0.6 is 0 Å². The molecule has 1 rings (SSSR count). The molecule has 5 nitrogen and oxygen atoms in total. The van der Waals surface area contributed by atoms with Gasteiger partial charge in [-0.3, -0.25) is 4.79 Å². The summed E-state index contributed by atoms with van der Waals surface area (Å²) < 4.78 is 37.7. The first-order chi connectivity index (χ1) is 7.75. The number of likely N-dealkylation sites (N-methyl/N-ethyl adjacent to an activating group) is 1. The molecule has 0 atom stereocenters. The molecule has 0 spiro atoms. The number of amides is 1. The van der Waals surface area contributed by atoms with Gasteiger partial charge in [0, 0.05) is 7.05 Å². The van der Waals surface area contributed by atoms with Crippen molar-refractivity contribution >= 4 is 15.9 Å². The third kappa shape index (κ3) is 3.01. The van der Waals surface area contributed by atoms with E-state index in [1.54, 1.807) is 0 Å². The number of rotatable bonds is 4. The molecule has 0 aliphatic rings. The highest BCUT2D eigenvalue weighted by atomic mass is 32.2. The number of halogens is 1. The molecule has 0 saturated carbocycles. The maximum absolute atomic E-state index is 12.9. The van der Waals surface area contributed by atoms with E-state index in [1.807, 2.05) is 0 Å². The second-order valence-electron chi connectivity index (χ2n) is 3.64. The van der Waals surface area contributed by atoms with Crippen molar-refractivity contribution in [2.75, 3.05) is 13.6 Å². The molecule has 0 unspecified atom stereocenters. The Balaban J connectivity index is 3.17. The molecule has 0 aromatic heterocycles. The molecular weight excluding hydrogens is 247 g/mol. The number of hydrogen-bond acceptors (Lipinski definition) is 3. The van der Waals surface area contributed by atoms with Crippen LogP contribution in [0.2, 0.25) is 0 Å². The molecule has 1 aromatic carbocycles. The van der Waals surface area contributed by atoms with Crippen molar-refractivity contribution in [2.24, 2.45) is 5.73 Å². The van der Waals surface area contributed by atoms with Gasteiger partial charge < -0.3 is 5.73 Å². The fourth-order valence-electron chi connectivity index (χ4n) is 1.37. The van der Waals surface area contributed by atoms with Gasteiger partial charge in [0.15, 0.2) is 0 Å². The summed E-state index contributed by atoms with van der Waals surface area (Å²) >= 11 is 0. The summed E-state index contributed by atoms with van der Waals surface area (Å²) in [6.07, 6.45) is 0. The van der Waals surface area contributed by atoms with Crippen LogP contribution in [0.15, 0.2) is 23.1 Å². The van der Waals surface area contributed by atoms with Gasteiger partial charge in [0.05, 0.1) is 11.4 Å². The average Bonchev–Trinajstić information content (AvgIpc) is 2.15. The summed E-state index contributed by atoms with van der Waals surface area (Å²) in [7, 11) is -2.58. The van der Waals surface area contributed by atoms with Crippen molar-refractivity contribution in [3.05, 3.63) is 29.6 Å². The number of nitrogens with zero attached hydrogens (tertiary/aromatic N) is 1. The third-order valence-corrected chi connectivity index (χ3v) is 4.17. The van der Waals surface area contributed by atoms with Crippen LogP contribution in [-0.2, 0) is 14.8 Å². The lowest BCUT2D eigenvalue weighted by Gasteiger charge is -2.16. The van der Waals surface area contributed by atoms with Crippen molar-refractivity contribution < 1.29 is 17.6 Å². The zero-order valence-corrected chi connectivity index (χ0v) is 10.3. The first-order valence-corrected chi connectivity index (χ1v) is 6.20. The molecule has 0 aliphatic heterocycles. The third-order valence-electron chi connectivity index (χ3n) is 2.20. The number of carbonyl (C=O) groups excluding carboxylic acids is 1. The van der Waals surface area contributed by atoms with E-state index >= 15 is 0 Å². The van der Waals surface area contributed by atoms with Crippen LogP contribution < -0.4 is 5.73 Å². The highest BCUT2D eigenvalue weighted by molar-refractivity contribution is 7.89. The lowest BCUT2D eigenvalue weighted by molar-refractivity contribution is -0.118. The van der Waals surface area contributed by atoms with Crippen LogP contribution in [-0.4, -0.2) is 32.2 Å². The first-order valence-electron chi connectivity index (χ1n) is 4.76. The van der Waals surface area contributed by atoms with Crippen LogP contribution in [0.1, 0.15) is 5.56 Å². The number of carbonyl (C=O) groups is 1. The predicted octanol–water partition coefficient (Wildman–Crippen LogP) is 0.240. The molecule has 2 N–H and O–H groups in total. The van der Waals surface area contributed by atoms with Crippen LogP contribution in [0.5, 0.6) is 0 Å². The first kappa shape index (κ1) is 13.6. The van der Waals surface area contributed by atoms with Crippen LogP contribution in [0, 0.1) is 12.7 Å². The maximum Gasteiger partial charge on any atom is 0.243 e. The maximum atomic E-state index is 12.9. The number of sulfonamides is 1. The van der Waals surface area contributed by atoms with E-state index < -0.39 is 28.3 Å². The highest BCUT2D eigenvalue weighted by Crippen LogP contribution is 2.19. The summed E-state index contributed by atoms with van der Waals surface area (Å²) in [4.78, 5) is 10.6. The Morgan fingerprint density at radius 1 is 1.47 bits per heavy atom. The van der Waals surface area contributed by atoms with E-state index in [1.165, 1.54) is 14.0 Å². The fraction of sp³-hybridized carbons (Fsp3) is 0.300. The van der Waals surface area contributed by atoms with E-state index in [2.05, 4.69) is 0 Å². The Hall–Kier alpha value is -1.47. The summed E-state index contributed by atoms with van der Waals surface area (Å²) in [6.45, 7) is 1.06. The average molecular weight is 260 g/mol. The number of aryl methyl sites for hydroxylation is 1. The van der Waals surface area contributed by atoms with Crippen molar-refractivity contribution in [1.82, 2.24) is 4.31 Å². The molecule has 1 amide bonds. The van der Waals surface area contributed by atoms with E-state index in [4.69, 9.17) is 5.73 Å². The standard InChI is InChI=1S/C10H13FN2O3S/c1-7-5-8(11)3-4-9(7)17(15,16)13(2)6-10(12)14/h3-5H,6H2,1-2H3,(H2,12,14). The molecule has 1 aromatic rings. The molecule has 94 valence electrons. The summed E-state index contributed by atoms with van der Waals surface area (Å²) in [5.41, 5.74) is 5.20. The van der Waals surface area contributed by atoms with E-state index in [-0.39, 0.29) is 10.5 Å².